The third kappa shape index (κ3) is 4.22. The second-order valence-electron chi connectivity index (χ2n) is 5.18. The van der Waals surface area contributed by atoms with Gasteiger partial charge in [0, 0.05) is 21.9 Å². The van der Waals surface area contributed by atoms with Crippen molar-refractivity contribution in [2.24, 2.45) is 0 Å². The zero-order valence-electron chi connectivity index (χ0n) is 13.0. The SMILES string of the molecule is N#Cc1cccc(Nc2cc(C(=O)Nc3ccccc3Br)ccn2)c1. The van der Waals surface area contributed by atoms with Crippen LogP contribution in [0.2, 0.25) is 0 Å². The first-order valence-corrected chi connectivity index (χ1v) is 8.24. The summed E-state index contributed by atoms with van der Waals surface area (Å²) >= 11 is 3.40. The van der Waals surface area contributed by atoms with Gasteiger partial charge in [-0.1, -0.05) is 18.2 Å². The van der Waals surface area contributed by atoms with Gasteiger partial charge in [-0.25, -0.2) is 4.98 Å². The van der Waals surface area contributed by atoms with Crippen LogP contribution in [0.25, 0.3) is 0 Å². The molecule has 3 rings (SSSR count). The van der Waals surface area contributed by atoms with Crippen LogP contribution in [-0.4, -0.2) is 10.9 Å². The number of carbonyl (C=O) groups is 1. The van der Waals surface area contributed by atoms with Crippen LogP contribution in [-0.2, 0) is 0 Å². The monoisotopic (exact) mass is 392 g/mol. The highest BCUT2D eigenvalue weighted by Gasteiger charge is 2.09. The van der Waals surface area contributed by atoms with Crippen molar-refractivity contribution in [1.29, 1.82) is 5.26 Å². The second-order valence-corrected chi connectivity index (χ2v) is 6.04. The summed E-state index contributed by atoms with van der Waals surface area (Å²) < 4.78 is 0.809. The number of halogens is 1. The van der Waals surface area contributed by atoms with E-state index < -0.39 is 0 Å². The number of carbonyl (C=O) groups excluding carboxylic acids is 1. The van der Waals surface area contributed by atoms with Crippen LogP contribution in [0.5, 0.6) is 0 Å². The number of nitrogens with zero attached hydrogens (tertiary/aromatic N) is 2. The van der Waals surface area contributed by atoms with E-state index in [-0.39, 0.29) is 5.91 Å². The molecular formula is C19H13BrN4O. The van der Waals surface area contributed by atoms with Gasteiger partial charge in [0.2, 0.25) is 0 Å². The first-order chi connectivity index (χ1) is 12.2. The molecule has 0 fully saturated rings. The summed E-state index contributed by atoms with van der Waals surface area (Å²) in [7, 11) is 0. The molecule has 5 nitrogen and oxygen atoms in total. The van der Waals surface area contributed by atoms with Crippen LogP contribution in [0, 0.1) is 11.3 Å². The maximum atomic E-state index is 12.4. The number of para-hydroxylation sites is 1. The molecule has 0 atom stereocenters. The van der Waals surface area contributed by atoms with E-state index in [9.17, 15) is 4.79 Å². The van der Waals surface area contributed by atoms with Crippen molar-refractivity contribution in [3.8, 4) is 6.07 Å². The summed E-state index contributed by atoms with van der Waals surface area (Å²) in [5, 5.41) is 14.9. The zero-order valence-corrected chi connectivity index (χ0v) is 14.6. The molecule has 0 saturated heterocycles. The number of benzene rings is 2. The number of amides is 1. The topological polar surface area (TPSA) is 77.8 Å². The van der Waals surface area contributed by atoms with E-state index in [1.54, 1.807) is 36.5 Å². The van der Waals surface area contributed by atoms with Crippen molar-refractivity contribution < 1.29 is 4.79 Å². The summed E-state index contributed by atoms with van der Waals surface area (Å²) in [4.78, 5) is 16.7. The normalized spacial score (nSPS) is 9.92. The van der Waals surface area contributed by atoms with Gasteiger partial charge in [-0.05, 0) is 58.4 Å². The molecule has 0 unspecified atom stereocenters. The van der Waals surface area contributed by atoms with E-state index >= 15 is 0 Å². The molecule has 25 heavy (non-hydrogen) atoms. The average Bonchev–Trinajstić information content (AvgIpc) is 2.64. The molecule has 0 radical (unpaired) electrons. The molecule has 0 bridgehead atoms. The first kappa shape index (κ1) is 16.7. The largest absolute Gasteiger partial charge is 0.340 e. The minimum Gasteiger partial charge on any atom is -0.340 e. The zero-order chi connectivity index (χ0) is 17.6. The quantitative estimate of drug-likeness (QED) is 0.673. The van der Waals surface area contributed by atoms with Gasteiger partial charge in [0.05, 0.1) is 17.3 Å². The molecule has 1 aromatic heterocycles. The Morgan fingerprint density at radius 3 is 2.72 bits per heavy atom. The molecule has 0 spiro atoms. The van der Waals surface area contributed by atoms with E-state index in [1.165, 1.54) is 0 Å². The molecule has 0 saturated carbocycles. The number of nitriles is 1. The number of anilines is 3. The van der Waals surface area contributed by atoms with Gasteiger partial charge in [0.15, 0.2) is 0 Å². The Labute approximate surface area is 153 Å². The molecule has 0 aliphatic heterocycles. The fraction of sp³-hybridized carbons (Fsp3) is 0. The molecule has 2 aromatic carbocycles. The number of hydrogen-bond donors (Lipinski definition) is 2. The van der Waals surface area contributed by atoms with Crippen LogP contribution >= 0.6 is 15.9 Å². The van der Waals surface area contributed by atoms with Gasteiger partial charge < -0.3 is 10.6 Å². The summed E-state index contributed by atoms with van der Waals surface area (Å²) in [5.41, 5.74) is 2.45. The standard InChI is InChI=1S/C19H13BrN4O/c20-16-6-1-2-7-17(16)24-19(25)14-8-9-22-18(11-14)23-15-5-3-4-13(10-15)12-21/h1-11H,(H,22,23)(H,24,25). The highest BCUT2D eigenvalue weighted by Crippen LogP contribution is 2.22. The fourth-order valence-corrected chi connectivity index (χ4v) is 2.60. The fourth-order valence-electron chi connectivity index (χ4n) is 2.21. The molecule has 0 aliphatic rings. The van der Waals surface area contributed by atoms with Crippen molar-refractivity contribution >= 4 is 39.0 Å². The summed E-state index contributed by atoms with van der Waals surface area (Å²) in [6, 6.07) is 19.8. The van der Waals surface area contributed by atoms with Crippen molar-refractivity contribution in [2.75, 3.05) is 10.6 Å². The van der Waals surface area contributed by atoms with E-state index in [2.05, 4.69) is 37.6 Å². The Bertz CT molecular complexity index is 965. The molecule has 6 heteroatoms. The van der Waals surface area contributed by atoms with Gasteiger partial charge >= 0.3 is 0 Å². The predicted octanol–water partition coefficient (Wildman–Crippen LogP) is 4.71. The summed E-state index contributed by atoms with van der Waals surface area (Å²) in [5.74, 6) is 0.290. The van der Waals surface area contributed by atoms with Crippen LogP contribution in [0.4, 0.5) is 17.2 Å². The van der Waals surface area contributed by atoms with Crippen molar-refractivity contribution in [3.05, 3.63) is 82.5 Å². The minimum absolute atomic E-state index is 0.233. The minimum atomic E-state index is -0.233. The highest BCUT2D eigenvalue weighted by atomic mass is 79.9. The number of hydrogen-bond acceptors (Lipinski definition) is 4. The highest BCUT2D eigenvalue weighted by molar-refractivity contribution is 9.10. The van der Waals surface area contributed by atoms with E-state index in [0.717, 1.165) is 10.2 Å². The van der Waals surface area contributed by atoms with Crippen LogP contribution in [0.3, 0.4) is 0 Å². The molecule has 3 aromatic rings. The second kappa shape index (κ2) is 7.60. The van der Waals surface area contributed by atoms with Crippen molar-refractivity contribution in [3.63, 3.8) is 0 Å². The molecule has 122 valence electrons. The first-order valence-electron chi connectivity index (χ1n) is 7.45. The Morgan fingerprint density at radius 2 is 1.92 bits per heavy atom. The van der Waals surface area contributed by atoms with Crippen molar-refractivity contribution in [1.82, 2.24) is 4.98 Å². The lowest BCUT2D eigenvalue weighted by molar-refractivity contribution is 0.102. The van der Waals surface area contributed by atoms with Crippen molar-refractivity contribution in [2.45, 2.75) is 0 Å². The Hall–Kier alpha value is -3.17. The lowest BCUT2D eigenvalue weighted by Gasteiger charge is -2.09. The molecule has 0 aliphatic carbocycles. The molecule has 2 N–H and O–H groups in total. The van der Waals surface area contributed by atoms with Gasteiger partial charge in [0.1, 0.15) is 5.82 Å². The Kier molecular flexibility index (Phi) is 5.07. The third-order valence-corrected chi connectivity index (χ3v) is 4.10. The Balaban J connectivity index is 1.78. The maximum Gasteiger partial charge on any atom is 0.255 e. The van der Waals surface area contributed by atoms with Gasteiger partial charge in [-0.3, -0.25) is 4.79 Å². The smallest absolute Gasteiger partial charge is 0.255 e. The molecule has 1 heterocycles. The van der Waals surface area contributed by atoms with Gasteiger partial charge in [-0.2, -0.15) is 5.26 Å². The number of rotatable bonds is 4. The Morgan fingerprint density at radius 1 is 1.08 bits per heavy atom. The summed E-state index contributed by atoms with van der Waals surface area (Å²) in [6.07, 6.45) is 1.56. The predicted molar refractivity (Wildman–Crippen MR) is 101 cm³/mol. The lowest BCUT2D eigenvalue weighted by Crippen LogP contribution is -2.12. The number of nitrogens with one attached hydrogen (secondary N) is 2. The summed E-state index contributed by atoms with van der Waals surface area (Å²) in [6.45, 7) is 0. The van der Waals surface area contributed by atoms with E-state index in [0.29, 0.717) is 22.6 Å². The number of pyridine rings is 1. The van der Waals surface area contributed by atoms with Gasteiger partial charge in [0.25, 0.3) is 5.91 Å². The molecular weight excluding hydrogens is 380 g/mol. The van der Waals surface area contributed by atoms with Gasteiger partial charge in [-0.15, -0.1) is 0 Å². The third-order valence-electron chi connectivity index (χ3n) is 3.41. The van der Waals surface area contributed by atoms with Crippen LogP contribution in [0.1, 0.15) is 15.9 Å². The molecule has 1 amide bonds. The average molecular weight is 393 g/mol. The lowest BCUT2D eigenvalue weighted by atomic mass is 10.2. The van der Waals surface area contributed by atoms with E-state index in [4.69, 9.17) is 5.26 Å². The van der Waals surface area contributed by atoms with Crippen LogP contribution < -0.4 is 10.6 Å². The maximum absolute atomic E-state index is 12.4. The van der Waals surface area contributed by atoms with Crippen LogP contribution in [0.15, 0.2) is 71.3 Å². The van der Waals surface area contributed by atoms with E-state index in [1.807, 2.05) is 30.3 Å². The number of aromatic nitrogens is 1.